The van der Waals surface area contributed by atoms with Gasteiger partial charge in [0.05, 0.1) is 0 Å². The van der Waals surface area contributed by atoms with Crippen molar-refractivity contribution in [1.29, 1.82) is 5.41 Å². The van der Waals surface area contributed by atoms with Crippen LogP contribution in [-0.4, -0.2) is 28.9 Å². The van der Waals surface area contributed by atoms with Gasteiger partial charge in [-0.2, -0.15) is 0 Å². The molecule has 4 nitrogen and oxygen atoms in total. The van der Waals surface area contributed by atoms with Gasteiger partial charge in [-0.25, -0.2) is 4.79 Å². The van der Waals surface area contributed by atoms with Crippen LogP contribution in [0.15, 0.2) is 0 Å². The van der Waals surface area contributed by atoms with Crippen LogP contribution < -0.4 is 5.32 Å². The number of urea groups is 1. The highest BCUT2D eigenvalue weighted by molar-refractivity contribution is 6.08. The van der Waals surface area contributed by atoms with Gasteiger partial charge in [-0.1, -0.05) is 27.7 Å². The van der Waals surface area contributed by atoms with Crippen molar-refractivity contribution >= 4 is 11.9 Å². The van der Waals surface area contributed by atoms with Gasteiger partial charge in [0.1, 0.15) is 11.4 Å². The van der Waals surface area contributed by atoms with Gasteiger partial charge in [0, 0.05) is 6.54 Å². The van der Waals surface area contributed by atoms with Crippen LogP contribution in [0.4, 0.5) is 4.79 Å². The van der Waals surface area contributed by atoms with Crippen molar-refractivity contribution in [2.24, 2.45) is 17.8 Å². The molecule has 1 aliphatic carbocycles. The summed E-state index contributed by atoms with van der Waals surface area (Å²) in [5, 5.41) is 10.9. The quantitative estimate of drug-likeness (QED) is 0.779. The molecule has 1 saturated carbocycles. The summed E-state index contributed by atoms with van der Waals surface area (Å²) >= 11 is 0. The fraction of sp³-hybridized carbons (Fsp3) is 0.857. The summed E-state index contributed by atoms with van der Waals surface area (Å²) in [6.45, 7) is 9.51. The van der Waals surface area contributed by atoms with Crippen molar-refractivity contribution in [3.05, 3.63) is 0 Å². The third kappa shape index (κ3) is 2.02. The molecular weight excluding hydrogens is 226 g/mol. The molecule has 3 atom stereocenters. The van der Waals surface area contributed by atoms with Gasteiger partial charge < -0.3 is 4.90 Å². The maximum atomic E-state index is 12.1. The van der Waals surface area contributed by atoms with Gasteiger partial charge in [-0.15, -0.1) is 0 Å². The molecule has 1 spiro atoms. The van der Waals surface area contributed by atoms with Gasteiger partial charge in [-0.3, -0.25) is 10.7 Å². The van der Waals surface area contributed by atoms with Gasteiger partial charge in [0.15, 0.2) is 0 Å². The van der Waals surface area contributed by atoms with E-state index in [0.717, 1.165) is 25.8 Å². The largest absolute Gasteiger partial charge is 0.323 e. The van der Waals surface area contributed by atoms with Crippen LogP contribution in [0.1, 0.15) is 47.0 Å². The number of amides is 2. The number of carbonyl (C=O) groups excluding carboxylic acids is 1. The number of hydrogen-bond acceptors (Lipinski definition) is 2. The van der Waals surface area contributed by atoms with Gasteiger partial charge in [0.2, 0.25) is 0 Å². The summed E-state index contributed by atoms with van der Waals surface area (Å²) in [6, 6.07) is -0.0737. The van der Waals surface area contributed by atoms with Crippen molar-refractivity contribution < 1.29 is 4.79 Å². The standard InChI is InChI=1S/C14H25N3O/c1-9(2)8-17-13(18)16-12(15)14(17)6-5-10(3)11(4)7-14/h9-11H,5-8H2,1-4H3,(H2,15,16,18). The molecule has 1 aliphatic heterocycles. The highest BCUT2D eigenvalue weighted by Gasteiger charge is 2.52. The van der Waals surface area contributed by atoms with E-state index in [1.54, 1.807) is 0 Å². The normalized spacial score (nSPS) is 36.6. The lowest BCUT2D eigenvalue weighted by Crippen LogP contribution is -2.54. The third-order valence-electron chi connectivity index (χ3n) is 4.65. The van der Waals surface area contributed by atoms with E-state index in [1.807, 2.05) is 4.90 Å². The predicted molar refractivity (Wildman–Crippen MR) is 72.7 cm³/mol. The van der Waals surface area contributed by atoms with E-state index in [1.165, 1.54) is 0 Å². The fourth-order valence-electron chi connectivity index (χ4n) is 3.30. The minimum atomic E-state index is -0.340. The lowest BCUT2D eigenvalue weighted by molar-refractivity contribution is 0.0955. The van der Waals surface area contributed by atoms with Gasteiger partial charge >= 0.3 is 6.03 Å². The van der Waals surface area contributed by atoms with E-state index >= 15 is 0 Å². The Morgan fingerprint density at radius 1 is 1.44 bits per heavy atom. The molecule has 0 radical (unpaired) electrons. The Bertz CT molecular complexity index is 366. The SMILES string of the molecule is CC(C)CN1C(=O)NC(=N)C12CCC(C)C(C)C2. The number of carbonyl (C=O) groups is 1. The Morgan fingerprint density at radius 3 is 2.67 bits per heavy atom. The number of amidine groups is 1. The number of hydrogen-bond donors (Lipinski definition) is 2. The molecule has 2 aliphatic rings. The van der Waals surface area contributed by atoms with Crippen molar-refractivity contribution in [1.82, 2.24) is 10.2 Å². The molecular formula is C14H25N3O. The Hall–Kier alpha value is -1.06. The summed E-state index contributed by atoms with van der Waals surface area (Å²) in [5.41, 5.74) is -0.340. The van der Waals surface area contributed by atoms with E-state index in [-0.39, 0.29) is 11.6 Å². The molecule has 0 aromatic heterocycles. The van der Waals surface area contributed by atoms with Crippen LogP contribution in [0.3, 0.4) is 0 Å². The maximum Gasteiger partial charge on any atom is 0.323 e. The Balaban J connectivity index is 2.27. The van der Waals surface area contributed by atoms with E-state index in [2.05, 4.69) is 33.0 Å². The molecule has 3 unspecified atom stereocenters. The van der Waals surface area contributed by atoms with E-state index < -0.39 is 0 Å². The minimum absolute atomic E-state index is 0.0737. The highest BCUT2D eigenvalue weighted by atomic mass is 16.2. The number of nitrogens with zero attached hydrogens (tertiary/aromatic N) is 1. The topological polar surface area (TPSA) is 56.2 Å². The van der Waals surface area contributed by atoms with Crippen LogP contribution in [0.25, 0.3) is 0 Å². The van der Waals surface area contributed by atoms with Crippen LogP contribution in [0, 0.1) is 23.2 Å². The molecule has 0 aromatic carbocycles. The molecule has 2 amide bonds. The van der Waals surface area contributed by atoms with Crippen LogP contribution in [0.2, 0.25) is 0 Å². The Kier molecular flexibility index (Phi) is 3.39. The molecule has 18 heavy (non-hydrogen) atoms. The molecule has 1 heterocycles. The second-order valence-corrected chi connectivity index (χ2v) is 6.54. The van der Waals surface area contributed by atoms with E-state index in [4.69, 9.17) is 5.41 Å². The summed E-state index contributed by atoms with van der Waals surface area (Å²) < 4.78 is 0. The molecule has 0 aromatic rings. The van der Waals surface area contributed by atoms with E-state index in [0.29, 0.717) is 23.6 Å². The molecule has 2 rings (SSSR count). The summed E-state index contributed by atoms with van der Waals surface area (Å²) in [4.78, 5) is 14.0. The highest BCUT2D eigenvalue weighted by Crippen LogP contribution is 2.42. The smallest absolute Gasteiger partial charge is 0.311 e. The first-order valence-electron chi connectivity index (χ1n) is 7.04. The zero-order chi connectivity index (χ0) is 13.5. The average molecular weight is 251 g/mol. The van der Waals surface area contributed by atoms with Gasteiger partial charge in [0.25, 0.3) is 0 Å². The van der Waals surface area contributed by atoms with Crippen molar-refractivity contribution in [3.8, 4) is 0 Å². The lowest BCUT2D eigenvalue weighted by atomic mass is 9.70. The zero-order valence-corrected chi connectivity index (χ0v) is 11.9. The monoisotopic (exact) mass is 251 g/mol. The molecule has 2 fully saturated rings. The molecule has 1 saturated heterocycles. The summed E-state index contributed by atoms with van der Waals surface area (Å²) in [5.74, 6) is 2.13. The average Bonchev–Trinajstić information content (AvgIpc) is 2.48. The van der Waals surface area contributed by atoms with Crippen molar-refractivity contribution in [2.75, 3.05) is 6.54 Å². The Morgan fingerprint density at radius 2 is 2.11 bits per heavy atom. The van der Waals surface area contributed by atoms with Crippen LogP contribution in [0.5, 0.6) is 0 Å². The van der Waals surface area contributed by atoms with Crippen molar-refractivity contribution in [3.63, 3.8) is 0 Å². The number of rotatable bonds is 2. The lowest BCUT2D eigenvalue weighted by Gasteiger charge is -2.44. The zero-order valence-electron chi connectivity index (χ0n) is 11.9. The Labute approximate surface area is 110 Å². The van der Waals surface area contributed by atoms with Gasteiger partial charge in [-0.05, 0) is 37.0 Å². The summed E-state index contributed by atoms with van der Waals surface area (Å²) in [7, 11) is 0. The molecule has 2 N–H and O–H groups in total. The number of nitrogens with one attached hydrogen (secondary N) is 2. The minimum Gasteiger partial charge on any atom is -0.311 e. The first kappa shape index (κ1) is 13.4. The summed E-state index contributed by atoms with van der Waals surface area (Å²) in [6.07, 6.45) is 2.97. The second-order valence-electron chi connectivity index (χ2n) is 6.54. The van der Waals surface area contributed by atoms with Crippen LogP contribution in [-0.2, 0) is 0 Å². The van der Waals surface area contributed by atoms with Crippen LogP contribution >= 0.6 is 0 Å². The molecule has 4 heteroatoms. The molecule has 102 valence electrons. The van der Waals surface area contributed by atoms with Crippen molar-refractivity contribution in [2.45, 2.75) is 52.5 Å². The second kappa shape index (κ2) is 4.56. The maximum absolute atomic E-state index is 12.1. The predicted octanol–water partition coefficient (Wildman–Crippen LogP) is 2.84. The fourth-order valence-corrected chi connectivity index (χ4v) is 3.30. The molecule has 0 bridgehead atoms. The first-order chi connectivity index (χ1) is 8.36. The third-order valence-corrected chi connectivity index (χ3v) is 4.65. The van der Waals surface area contributed by atoms with E-state index in [9.17, 15) is 4.79 Å². The first-order valence-corrected chi connectivity index (χ1v) is 7.04.